The maximum atomic E-state index is 12.8. The molecule has 32 heavy (non-hydrogen) atoms. The van der Waals surface area contributed by atoms with Crippen LogP contribution in [0.4, 0.5) is 4.79 Å². The summed E-state index contributed by atoms with van der Waals surface area (Å²) < 4.78 is 36.2. The number of amides is 3. The van der Waals surface area contributed by atoms with E-state index in [1.165, 1.54) is 31.5 Å². The Hall–Kier alpha value is -3.40. The molecule has 3 rings (SSSR count). The lowest BCUT2D eigenvalue weighted by Crippen LogP contribution is -2.42. The molecule has 10 heteroatoms. The number of hydrogen-bond acceptors (Lipinski definition) is 7. The zero-order chi connectivity index (χ0) is 23.7. The predicted octanol–water partition coefficient (Wildman–Crippen LogP) is 3.13. The maximum absolute atomic E-state index is 12.8. The zero-order valence-electron chi connectivity index (χ0n) is 18.5. The van der Waals surface area contributed by atoms with Gasteiger partial charge in [-0.25, -0.2) is 4.79 Å². The number of imide groups is 1. The van der Waals surface area contributed by atoms with Gasteiger partial charge in [0.15, 0.2) is 11.5 Å². The Morgan fingerprint density at radius 1 is 1.12 bits per heavy atom. The Morgan fingerprint density at radius 2 is 1.84 bits per heavy atom. The monoisotopic (exact) mass is 459 g/mol. The third kappa shape index (κ3) is 4.45. The molecule has 0 radical (unpaired) electrons. The summed E-state index contributed by atoms with van der Waals surface area (Å²) in [5.41, 5.74) is 0.831. The molecule has 9 nitrogen and oxygen atoms in total. The van der Waals surface area contributed by atoms with E-state index in [0.29, 0.717) is 17.5 Å². The van der Waals surface area contributed by atoms with Crippen molar-refractivity contribution in [1.82, 2.24) is 10.3 Å². The number of ether oxygens (including phenoxy) is 1. The van der Waals surface area contributed by atoms with Gasteiger partial charge in [-0.1, -0.05) is 19.1 Å². The van der Waals surface area contributed by atoms with Crippen LogP contribution in [-0.2, 0) is 14.9 Å². The highest BCUT2D eigenvalue weighted by Crippen LogP contribution is 2.31. The summed E-state index contributed by atoms with van der Waals surface area (Å²) in [6.45, 7) is 6.91. The Balaban J connectivity index is 1.85. The van der Waals surface area contributed by atoms with Crippen LogP contribution in [0.2, 0.25) is 0 Å². The van der Waals surface area contributed by atoms with Crippen LogP contribution in [0.25, 0.3) is 0 Å². The summed E-state index contributed by atoms with van der Waals surface area (Å²) in [6.07, 6.45) is 1.74. The van der Waals surface area contributed by atoms with Gasteiger partial charge in [0.1, 0.15) is 10.4 Å². The quantitative estimate of drug-likeness (QED) is 0.387. The second kappa shape index (κ2) is 8.62. The van der Waals surface area contributed by atoms with E-state index < -0.39 is 27.6 Å². The van der Waals surface area contributed by atoms with Crippen LogP contribution in [0.5, 0.6) is 11.5 Å². The Labute approximate surface area is 187 Å². The molecule has 1 heterocycles. The number of nitrogens with zero attached hydrogens (tertiary/aromatic N) is 2. The summed E-state index contributed by atoms with van der Waals surface area (Å²) in [5, 5.41) is 7.36. The number of hydrogen-bond donors (Lipinski definition) is 1. The molecule has 3 amide bonds. The Morgan fingerprint density at radius 3 is 2.47 bits per heavy atom. The van der Waals surface area contributed by atoms with E-state index in [2.05, 4.69) is 10.4 Å². The first-order valence-electron chi connectivity index (χ1n) is 9.91. The summed E-state index contributed by atoms with van der Waals surface area (Å²) in [4.78, 5) is 24.6. The number of aryl methyl sites for hydroxylation is 2. The van der Waals surface area contributed by atoms with Crippen molar-refractivity contribution in [3.8, 4) is 11.5 Å². The van der Waals surface area contributed by atoms with Crippen LogP contribution < -0.4 is 14.2 Å². The topological polar surface area (TPSA) is 114 Å². The third-order valence-corrected chi connectivity index (χ3v) is 6.65. The number of rotatable bonds is 7. The fourth-order valence-corrected chi connectivity index (χ4v) is 4.37. The van der Waals surface area contributed by atoms with Crippen LogP contribution in [0.15, 0.2) is 46.4 Å². The minimum Gasteiger partial charge on any atom is -0.493 e. The normalized spacial score (nSPS) is 18.8. The van der Waals surface area contributed by atoms with Crippen LogP contribution >= 0.6 is 0 Å². The Kier molecular flexibility index (Phi) is 6.27. The lowest BCUT2D eigenvalue weighted by molar-refractivity contribution is -0.130. The largest absolute Gasteiger partial charge is 0.493 e. The standard InChI is InChI=1S/C22H25N3O6S/c1-6-22(4)20(26)25(21(27)24-22)23-13-16-9-10-17(18(12-16)30-5)31-32(28,29)19-11-14(2)7-8-15(19)3/h7-13H,6H2,1-5H3,(H,24,27)/b23-13+. The molecule has 2 aromatic carbocycles. The van der Waals surface area contributed by atoms with E-state index >= 15 is 0 Å². The molecular formula is C22H25N3O6S. The second-order valence-corrected chi connectivity index (χ2v) is 9.21. The minimum atomic E-state index is -4.09. The van der Waals surface area contributed by atoms with Crippen LogP contribution in [-0.4, -0.2) is 44.2 Å². The van der Waals surface area contributed by atoms with Gasteiger partial charge in [0.25, 0.3) is 5.91 Å². The van der Waals surface area contributed by atoms with Crippen molar-refractivity contribution >= 4 is 28.3 Å². The van der Waals surface area contributed by atoms with E-state index in [1.807, 2.05) is 6.07 Å². The molecule has 1 fully saturated rings. The minimum absolute atomic E-state index is 0.000828. The van der Waals surface area contributed by atoms with E-state index in [4.69, 9.17) is 8.92 Å². The molecule has 0 aliphatic carbocycles. The summed E-state index contributed by atoms with van der Waals surface area (Å²) in [5.74, 6) is -0.301. The molecule has 1 saturated heterocycles. The van der Waals surface area contributed by atoms with E-state index in [9.17, 15) is 18.0 Å². The van der Waals surface area contributed by atoms with Gasteiger partial charge < -0.3 is 14.2 Å². The first kappa shape index (κ1) is 23.3. The molecule has 0 bridgehead atoms. The van der Waals surface area contributed by atoms with Gasteiger partial charge in [-0.15, -0.1) is 5.01 Å². The highest BCUT2D eigenvalue weighted by molar-refractivity contribution is 7.87. The fourth-order valence-electron chi connectivity index (χ4n) is 3.11. The first-order valence-corrected chi connectivity index (χ1v) is 11.3. The molecule has 1 N–H and O–H groups in total. The van der Waals surface area contributed by atoms with Crippen LogP contribution in [0.3, 0.4) is 0 Å². The van der Waals surface area contributed by atoms with Gasteiger partial charge >= 0.3 is 16.1 Å². The van der Waals surface area contributed by atoms with Crippen molar-refractivity contribution in [1.29, 1.82) is 0 Å². The second-order valence-electron chi connectivity index (χ2n) is 7.69. The molecule has 0 aromatic heterocycles. The highest BCUT2D eigenvalue weighted by Gasteiger charge is 2.46. The molecule has 2 aromatic rings. The van der Waals surface area contributed by atoms with Gasteiger partial charge in [0, 0.05) is 0 Å². The van der Waals surface area contributed by atoms with Crippen molar-refractivity contribution in [2.24, 2.45) is 5.10 Å². The van der Waals surface area contributed by atoms with Gasteiger partial charge in [-0.2, -0.15) is 13.5 Å². The predicted molar refractivity (Wildman–Crippen MR) is 118 cm³/mol. The maximum Gasteiger partial charge on any atom is 0.346 e. The summed E-state index contributed by atoms with van der Waals surface area (Å²) in [7, 11) is -2.71. The molecule has 1 aliphatic rings. The van der Waals surface area contributed by atoms with Crippen molar-refractivity contribution in [2.45, 2.75) is 44.6 Å². The van der Waals surface area contributed by atoms with E-state index in [1.54, 1.807) is 39.8 Å². The molecule has 170 valence electrons. The molecule has 0 saturated carbocycles. The number of carbonyl (C=O) groups is 2. The number of hydrazone groups is 1. The lowest BCUT2D eigenvalue weighted by atomic mass is 10.00. The van der Waals surface area contributed by atoms with Crippen molar-refractivity contribution in [3.05, 3.63) is 53.1 Å². The number of benzene rings is 2. The first-order chi connectivity index (χ1) is 15.0. The molecule has 1 unspecified atom stereocenters. The Bertz CT molecular complexity index is 1210. The molecular weight excluding hydrogens is 434 g/mol. The van der Waals surface area contributed by atoms with Gasteiger partial charge in [0.05, 0.1) is 13.3 Å². The summed E-state index contributed by atoms with van der Waals surface area (Å²) >= 11 is 0. The SMILES string of the molecule is CCC1(C)NC(=O)N(/N=C/c2ccc(OS(=O)(=O)c3cc(C)ccc3C)c(OC)c2)C1=O. The van der Waals surface area contributed by atoms with Crippen molar-refractivity contribution < 1.29 is 26.9 Å². The molecule has 1 aliphatic heterocycles. The van der Waals surface area contributed by atoms with E-state index in [0.717, 1.165) is 10.6 Å². The molecule has 1 atom stereocenters. The highest BCUT2D eigenvalue weighted by atomic mass is 32.2. The van der Waals surface area contributed by atoms with Gasteiger partial charge in [-0.05, 0) is 68.1 Å². The average molecular weight is 460 g/mol. The van der Waals surface area contributed by atoms with Crippen molar-refractivity contribution in [2.75, 3.05) is 7.11 Å². The van der Waals surface area contributed by atoms with Gasteiger partial charge in [0.2, 0.25) is 0 Å². The zero-order valence-corrected chi connectivity index (χ0v) is 19.3. The third-order valence-electron chi connectivity index (χ3n) is 5.27. The smallest absolute Gasteiger partial charge is 0.346 e. The number of nitrogens with one attached hydrogen (secondary N) is 1. The summed E-state index contributed by atoms with van der Waals surface area (Å²) in [6, 6.07) is 8.92. The molecule has 0 spiro atoms. The number of carbonyl (C=O) groups excluding carboxylic acids is 2. The fraction of sp³-hybridized carbons (Fsp3) is 0.318. The number of urea groups is 1. The van der Waals surface area contributed by atoms with Crippen LogP contribution in [0.1, 0.15) is 37.0 Å². The van der Waals surface area contributed by atoms with Gasteiger partial charge in [-0.3, -0.25) is 4.79 Å². The number of methoxy groups -OCH3 is 1. The van der Waals surface area contributed by atoms with Crippen LogP contribution in [0, 0.1) is 13.8 Å². The van der Waals surface area contributed by atoms with Crippen molar-refractivity contribution in [3.63, 3.8) is 0 Å². The lowest BCUT2D eigenvalue weighted by Gasteiger charge is -2.17. The average Bonchev–Trinajstić information content (AvgIpc) is 2.97. The van der Waals surface area contributed by atoms with E-state index in [-0.39, 0.29) is 16.4 Å².